The van der Waals surface area contributed by atoms with Crippen molar-refractivity contribution in [1.82, 2.24) is 9.21 Å². The van der Waals surface area contributed by atoms with E-state index in [1.54, 1.807) is 19.3 Å². The molecule has 7 nitrogen and oxygen atoms in total. The number of hydrogen-bond acceptors (Lipinski definition) is 6. The topological polar surface area (TPSA) is 76.2 Å². The summed E-state index contributed by atoms with van der Waals surface area (Å²) in [6.45, 7) is 2.90. The van der Waals surface area contributed by atoms with E-state index in [1.807, 2.05) is 30.3 Å². The maximum atomic E-state index is 12.6. The van der Waals surface area contributed by atoms with Gasteiger partial charge in [-0.25, -0.2) is 12.7 Å². The van der Waals surface area contributed by atoms with Crippen molar-refractivity contribution in [2.75, 3.05) is 33.3 Å². The van der Waals surface area contributed by atoms with Crippen LogP contribution >= 0.6 is 0 Å². The molecule has 1 aromatic rings. The first-order chi connectivity index (χ1) is 14.5. The van der Waals surface area contributed by atoms with E-state index in [9.17, 15) is 13.2 Å². The lowest BCUT2D eigenvalue weighted by Gasteiger charge is -2.19. The highest BCUT2D eigenvalue weighted by molar-refractivity contribution is 7.94. The van der Waals surface area contributed by atoms with Crippen molar-refractivity contribution in [1.29, 1.82) is 0 Å². The summed E-state index contributed by atoms with van der Waals surface area (Å²) in [6, 6.07) is 7.65. The number of sulfonamides is 1. The summed E-state index contributed by atoms with van der Waals surface area (Å²) in [5, 5.41) is 0. The molecule has 162 valence electrons. The minimum Gasteiger partial charge on any atom is -0.493 e. The number of carbonyl (C=O) groups excluding carboxylic acids is 1. The predicted molar refractivity (Wildman–Crippen MR) is 114 cm³/mol. The second-order valence-electron chi connectivity index (χ2n) is 7.89. The number of fused-ring (bicyclic) bond motifs is 1. The third-order valence-electron chi connectivity index (χ3n) is 5.92. The molecule has 30 heavy (non-hydrogen) atoms. The molecule has 2 heterocycles. The molecular formula is C22H28N2O5S. The average Bonchev–Trinajstić information content (AvgIpc) is 3.27. The zero-order chi connectivity index (χ0) is 21.1. The molecule has 2 fully saturated rings. The maximum absolute atomic E-state index is 12.6. The Labute approximate surface area is 178 Å². The Kier molecular flexibility index (Phi) is 6.15. The predicted octanol–water partition coefficient (Wildman–Crippen LogP) is 2.56. The van der Waals surface area contributed by atoms with Crippen molar-refractivity contribution in [2.24, 2.45) is 5.92 Å². The van der Waals surface area contributed by atoms with Crippen LogP contribution in [0, 0.1) is 5.92 Å². The summed E-state index contributed by atoms with van der Waals surface area (Å²) in [5.74, 6) is 0.691. The van der Waals surface area contributed by atoms with E-state index in [2.05, 4.69) is 4.90 Å². The van der Waals surface area contributed by atoms with Crippen LogP contribution in [0.2, 0.25) is 0 Å². The summed E-state index contributed by atoms with van der Waals surface area (Å²) in [6.07, 6.45) is 8.16. The Morgan fingerprint density at radius 1 is 1.13 bits per heavy atom. The first kappa shape index (κ1) is 20.9. The van der Waals surface area contributed by atoms with E-state index in [0.717, 1.165) is 48.3 Å². The number of ether oxygens (including phenoxy) is 2. The molecule has 2 unspecified atom stereocenters. The number of methoxy groups -OCH3 is 1. The van der Waals surface area contributed by atoms with Crippen molar-refractivity contribution in [3.63, 3.8) is 0 Å². The number of amides is 1. The van der Waals surface area contributed by atoms with Crippen LogP contribution in [-0.4, -0.2) is 62.9 Å². The van der Waals surface area contributed by atoms with Crippen LogP contribution in [0.5, 0.6) is 11.5 Å². The van der Waals surface area contributed by atoms with E-state index in [-0.39, 0.29) is 23.5 Å². The van der Waals surface area contributed by atoms with E-state index >= 15 is 0 Å². The summed E-state index contributed by atoms with van der Waals surface area (Å²) >= 11 is 0. The number of benzene rings is 1. The highest BCUT2D eigenvalue weighted by Crippen LogP contribution is 2.37. The van der Waals surface area contributed by atoms with E-state index < -0.39 is 15.9 Å². The normalized spacial score (nSPS) is 25.3. The molecule has 0 radical (unpaired) electrons. The van der Waals surface area contributed by atoms with Crippen LogP contribution in [-0.2, 0) is 14.8 Å². The number of nitrogens with zero attached hydrogens (tertiary/aromatic N) is 2. The van der Waals surface area contributed by atoms with Crippen molar-refractivity contribution < 1.29 is 22.7 Å². The number of allylic oxidation sites excluding steroid dienone is 3. The van der Waals surface area contributed by atoms with Gasteiger partial charge in [0.05, 0.1) is 17.9 Å². The molecule has 2 atom stereocenters. The van der Waals surface area contributed by atoms with Gasteiger partial charge in [0.2, 0.25) is 5.91 Å². The Morgan fingerprint density at radius 3 is 2.67 bits per heavy atom. The van der Waals surface area contributed by atoms with Gasteiger partial charge in [-0.1, -0.05) is 24.3 Å². The zero-order valence-corrected chi connectivity index (χ0v) is 18.0. The lowest BCUT2D eigenvalue weighted by molar-refractivity contribution is -0.128. The van der Waals surface area contributed by atoms with Crippen molar-refractivity contribution in [3.05, 3.63) is 47.4 Å². The lowest BCUT2D eigenvalue weighted by atomic mass is 10.00. The Bertz CT molecular complexity index is 956. The van der Waals surface area contributed by atoms with Gasteiger partial charge in [-0.15, -0.1) is 0 Å². The Balaban J connectivity index is 1.23. The quantitative estimate of drug-likeness (QED) is 0.588. The van der Waals surface area contributed by atoms with Gasteiger partial charge < -0.3 is 9.47 Å². The molecule has 3 aliphatic rings. The monoisotopic (exact) mass is 432 g/mol. The average molecular weight is 433 g/mol. The summed E-state index contributed by atoms with van der Waals surface area (Å²) in [4.78, 5) is 15.1. The van der Waals surface area contributed by atoms with Gasteiger partial charge >= 0.3 is 0 Å². The summed E-state index contributed by atoms with van der Waals surface area (Å²) in [5.41, 5.74) is 0. The standard InChI is InChI=1S/C22H28N2O5S/c1-28-19-9-3-4-10-20(19)29-17-12-15-23(16-17)13-6-7-14-24-22(25)18-8-2-5-11-21(18)30(24,26)27/h2-5,9-11,17-18H,6-8,12-16H2,1H3. The second kappa shape index (κ2) is 8.81. The third-order valence-corrected chi connectivity index (χ3v) is 7.88. The van der Waals surface area contributed by atoms with Crippen molar-refractivity contribution in [2.45, 2.75) is 31.8 Å². The maximum Gasteiger partial charge on any atom is 0.263 e. The van der Waals surface area contributed by atoms with Gasteiger partial charge in [0, 0.05) is 19.6 Å². The smallest absolute Gasteiger partial charge is 0.263 e. The Hall–Kier alpha value is -2.32. The minimum absolute atomic E-state index is 0.115. The molecule has 0 N–H and O–H groups in total. The fraction of sp³-hybridized carbons (Fsp3) is 0.500. The lowest BCUT2D eigenvalue weighted by Crippen LogP contribution is -2.32. The van der Waals surface area contributed by atoms with Crippen LogP contribution in [0.4, 0.5) is 0 Å². The van der Waals surface area contributed by atoms with E-state index in [4.69, 9.17) is 9.47 Å². The molecule has 1 aliphatic carbocycles. The second-order valence-corrected chi connectivity index (χ2v) is 9.75. The highest BCUT2D eigenvalue weighted by Gasteiger charge is 2.47. The van der Waals surface area contributed by atoms with Gasteiger partial charge in [-0.3, -0.25) is 9.69 Å². The molecule has 2 aliphatic heterocycles. The van der Waals surface area contributed by atoms with Crippen LogP contribution in [0.15, 0.2) is 47.4 Å². The largest absolute Gasteiger partial charge is 0.493 e. The fourth-order valence-electron chi connectivity index (χ4n) is 4.33. The molecule has 0 aromatic heterocycles. The van der Waals surface area contributed by atoms with Crippen LogP contribution < -0.4 is 9.47 Å². The molecule has 8 heteroatoms. The van der Waals surface area contributed by atoms with Crippen LogP contribution in [0.25, 0.3) is 0 Å². The van der Waals surface area contributed by atoms with Gasteiger partial charge in [-0.2, -0.15) is 0 Å². The van der Waals surface area contributed by atoms with Gasteiger partial charge in [-0.05, 0) is 50.4 Å². The number of likely N-dealkylation sites (tertiary alicyclic amines) is 1. The highest BCUT2D eigenvalue weighted by atomic mass is 32.2. The number of unbranched alkanes of at least 4 members (excludes halogenated alkanes) is 1. The van der Waals surface area contributed by atoms with Crippen molar-refractivity contribution in [3.8, 4) is 11.5 Å². The van der Waals surface area contributed by atoms with E-state index in [1.165, 1.54) is 0 Å². The van der Waals surface area contributed by atoms with Gasteiger partial charge in [0.15, 0.2) is 11.5 Å². The minimum atomic E-state index is -3.64. The summed E-state index contributed by atoms with van der Waals surface area (Å²) in [7, 11) is -2.00. The first-order valence-electron chi connectivity index (χ1n) is 10.5. The Morgan fingerprint density at radius 2 is 1.90 bits per heavy atom. The summed E-state index contributed by atoms with van der Waals surface area (Å²) < 4.78 is 37.8. The SMILES string of the molecule is COc1ccccc1OC1CCN(CCCCN2C(=O)C3CC=CC=C3S2(=O)=O)C1. The molecule has 0 saturated carbocycles. The van der Waals surface area contributed by atoms with Crippen molar-refractivity contribution >= 4 is 15.9 Å². The molecule has 2 saturated heterocycles. The van der Waals surface area contributed by atoms with Crippen LogP contribution in [0.3, 0.4) is 0 Å². The number of carbonyl (C=O) groups is 1. The fourth-order valence-corrected chi connectivity index (χ4v) is 6.13. The third kappa shape index (κ3) is 4.11. The molecule has 0 bridgehead atoms. The van der Waals surface area contributed by atoms with Gasteiger partial charge in [0.1, 0.15) is 6.10 Å². The van der Waals surface area contributed by atoms with Crippen LogP contribution in [0.1, 0.15) is 25.7 Å². The first-order valence-corrected chi connectivity index (χ1v) is 11.9. The number of hydrogen-bond donors (Lipinski definition) is 0. The molecule has 1 amide bonds. The van der Waals surface area contributed by atoms with Gasteiger partial charge in [0.25, 0.3) is 10.0 Å². The zero-order valence-electron chi connectivity index (χ0n) is 17.2. The molecule has 1 aromatic carbocycles. The molecular weight excluding hydrogens is 404 g/mol. The number of rotatable bonds is 8. The van der Waals surface area contributed by atoms with E-state index in [0.29, 0.717) is 12.8 Å². The molecule has 4 rings (SSSR count). The number of para-hydroxylation sites is 2. The molecule has 0 spiro atoms.